The summed E-state index contributed by atoms with van der Waals surface area (Å²) in [6.07, 6.45) is -3.23. The van der Waals surface area contributed by atoms with E-state index in [2.05, 4.69) is 10.0 Å². The lowest BCUT2D eigenvalue weighted by atomic mass is 9.95. The first kappa shape index (κ1) is 24.2. The van der Waals surface area contributed by atoms with Gasteiger partial charge in [0.15, 0.2) is 12.1 Å². The number of imide groups is 1. The number of nitrogens with zero attached hydrogens (tertiary/aromatic N) is 4. The summed E-state index contributed by atoms with van der Waals surface area (Å²) in [6, 6.07) is 13.0. The van der Waals surface area contributed by atoms with E-state index in [-0.39, 0.29) is 13.2 Å². The summed E-state index contributed by atoms with van der Waals surface area (Å²) < 4.78 is 29.9. The van der Waals surface area contributed by atoms with E-state index < -0.39 is 48.2 Å². The molecule has 36 heavy (non-hydrogen) atoms. The number of rotatable bonds is 7. The topological polar surface area (TPSA) is 132 Å². The van der Waals surface area contributed by atoms with Crippen molar-refractivity contribution in [3.63, 3.8) is 0 Å². The smallest absolute Gasteiger partial charge is 0.262 e. The Kier molecular flexibility index (Phi) is 6.42. The normalized spacial score (nSPS) is 28.4. The largest absolute Gasteiger partial charge is 0.497 e. The molecule has 2 saturated heterocycles. The molecule has 11 heteroatoms. The van der Waals surface area contributed by atoms with Gasteiger partial charge >= 0.3 is 0 Å². The third-order valence-corrected chi connectivity index (χ3v) is 6.48. The maximum atomic E-state index is 13.4. The van der Waals surface area contributed by atoms with Gasteiger partial charge in [0.25, 0.3) is 11.8 Å². The summed E-state index contributed by atoms with van der Waals surface area (Å²) >= 11 is 0. The Bertz CT molecular complexity index is 1180. The number of fused-ring (bicyclic) bond motifs is 2. The standard InChI is InChI=1S/C25H26N4O7/c1-25(2)35-20-18(12-27-28-26)34-24(33-13-14-8-10-15(32-3)11-9-14)19(21(20)36-25)29-22(30)16-6-4-5-7-17(16)23(29)31/h4-11,18-21,24H,12-13H2,1-3H3/t18-,19-,20+,21-,24?/m1/s1. The SMILES string of the molecule is COc1ccc(COC2O[C@H](CN=[N+]=[N-])[C@@H]3OC(C)(C)O[C@@H]3[C@H]2N2C(=O)c3ccccc3C2=O)cc1. The van der Waals surface area contributed by atoms with Crippen LogP contribution in [-0.4, -0.2) is 66.8 Å². The van der Waals surface area contributed by atoms with Crippen LogP contribution in [0.1, 0.15) is 40.1 Å². The average Bonchev–Trinajstić information content (AvgIpc) is 3.34. The van der Waals surface area contributed by atoms with E-state index >= 15 is 0 Å². The Labute approximate surface area is 207 Å². The average molecular weight is 495 g/mol. The van der Waals surface area contributed by atoms with Crippen LogP contribution >= 0.6 is 0 Å². The third-order valence-electron chi connectivity index (χ3n) is 6.48. The lowest BCUT2D eigenvalue weighted by Gasteiger charge is -2.44. The van der Waals surface area contributed by atoms with E-state index in [4.69, 9.17) is 29.2 Å². The second kappa shape index (κ2) is 9.53. The first-order valence-electron chi connectivity index (χ1n) is 11.6. The van der Waals surface area contributed by atoms with Crippen LogP contribution in [0.15, 0.2) is 53.6 Å². The van der Waals surface area contributed by atoms with Crippen LogP contribution in [0.5, 0.6) is 5.75 Å². The van der Waals surface area contributed by atoms with Crippen LogP contribution in [-0.2, 0) is 25.6 Å². The van der Waals surface area contributed by atoms with Gasteiger partial charge in [-0.25, -0.2) is 0 Å². The zero-order valence-electron chi connectivity index (χ0n) is 20.1. The lowest BCUT2D eigenvalue weighted by molar-refractivity contribution is -0.255. The van der Waals surface area contributed by atoms with Crippen molar-refractivity contribution in [2.24, 2.45) is 5.11 Å². The zero-order chi connectivity index (χ0) is 25.4. The third kappa shape index (κ3) is 4.32. The van der Waals surface area contributed by atoms with Crippen molar-refractivity contribution in [2.75, 3.05) is 13.7 Å². The molecule has 1 unspecified atom stereocenters. The fourth-order valence-corrected chi connectivity index (χ4v) is 4.90. The molecular weight excluding hydrogens is 468 g/mol. The molecule has 0 aromatic heterocycles. The van der Waals surface area contributed by atoms with Gasteiger partial charge in [0.05, 0.1) is 37.5 Å². The quantitative estimate of drug-likeness (QED) is 0.249. The minimum Gasteiger partial charge on any atom is -0.497 e. The fourth-order valence-electron chi connectivity index (χ4n) is 4.90. The maximum Gasteiger partial charge on any atom is 0.262 e. The van der Waals surface area contributed by atoms with Gasteiger partial charge in [-0.1, -0.05) is 29.4 Å². The number of hydrogen-bond acceptors (Lipinski definition) is 8. The molecule has 0 saturated carbocycles. The molecule has 11 nitrogen and oxygen atoms in total. The Morgan fingerprint density at radius 2 is 1.67 bits per heavy atom. The van der Waals surface area contributed by atoms with Crippen molar-refractivity contribution in [3.05, 3.63) is 75.7 Å². The van der Waals surface area contributed by atoms with Crippen molar-refractivity contribution < 1.29 is 33.3 Å². The lowest BCUT2D eigenvalue weighted by Crippen LogP contribution is -2.64. The van der Waals surface area contributed by atoms with Gasteiger partial charge in [-0.15, -0.1) is 0 Å². The molecule has 2 fully saturated rings. The minimum atomic E-state index is -1.06. The molecule has 0 aliphatic carbocycles. The summed E-state index contributed by atoms with van der Waals surface area (Å²) in [5.41, 5.74) is 10.3. The second-order valence-electron chi connectivity index (χ2n) is 9.20. The highest BCUT2D eigenvalue weighted by atomic mass is 16.8. The maximum absolute atomic E-state index is 13.4. The number of ether oxygens (including phenoxy) is 5. The Hall–Kier alpha value is -3.47. The zero-order valence-corrected chi connectivity index (χ0v) is 20.1. The first-order valence-corrected chi connectivity index (χ1v) is 11.6. The van der Waals surface area contributed by atoms with Crippen molar-refractivity contribution in [1.29, 1.82) is 0 Å². The van der Waals surface area contributed by atoms with Crippen LogP contribution < -0.4 is 4.74 Å². The summed E-state index contributed by atoms with van der Waals surface area (Å²) in [5.74, 6) is -1.23. The molecule has 0 radical (unpaired) electrons. The van der Waals surface area contributed by atoms with E-state index in [1.807, 2.05) is 12.1 Å². The van der Waals surface area contributed by atoms with Gasteiger partial charge in [-0.3, -0.25) is 14.5 Å². The van der Waals surface area contributed by atoms with Crippen molar-refractivity contribution in [1.82, 2.24) is 4.90 Å². The van der Waals surface area contributed by atoms with Crippen LogP contribution in [0.4, 0.5) is 0 Å². The monoisotopic (exact) mass is 494 g/mol. The number of azide groups is 1. The summed E-state index contributed by atoms with van der Waals surface area (Å²) in [6.45, 7) is 3.57. The number of carbonyl (C=O) groups excluding carboxylic acids is 2. The molecule has 3 aliphatic heterocycles. The number of hydrogen-bond donors (Lipinski definition) is 0. The predicted octanol–water partition coefficient (Wildman–Crippen LogP) is 3.43. The van der Waals surface area contributed by atoms with Crippen molar-refractivity contribution in [2.45, 2.75) is 56.9 Å². The molecule has 5 rings (SSSR count). The first-order chi connectivity index (χ1) is 17.3. The van der Waals surface area contributed by atoms with E-state index in [1.54, 1.807) is 57.4 Å². The van der Waals surface area contributed by atoms with Gasteiger partial charge in [-0.05, 0) is 49.2 Å². The highest BCUT2D eigenvalue weighted by molar-refractivity contribution is 6.21. The van der Waals surface area contributed by atoms with E-state index in [1.165, 1.54) is 0 Å². The number of benzene rings is 2. The molecule has 2 aromatic carbocycles. The van der Waals surface area contributed by atoms with Gasteiger partial charge in [0.1, 0.15) is 24.0 Å². The predicted molar refractivity (Wildman–Crippen MR) is 125 cm³/mol. The van der Waals surface area contributed by atoms with E-state index in [0.717, 1.165) is 10.5 Å². The van der Waals surface area contributed by atoms with Gasteiger partial charge in [0.2, 0.25) is 0 Å². The molecule has 5 atom stereocenters. The Morgan fingerprint density at radius 3 is 2.28 bits per heavy atom. The van der Waals surface area contributed by atoms with Crippen LogP contribution in [0, 0.1) is 0 Å². The molecule has 188 valence electrons. The van der Waals surface area contributed by atoms with Gasteiger partial charge in [0, 0.05) is 4.91 Å². The highest BCUT2D eigenvalue weighted by Gasteiger charge is 2.60. The highest BCUT2D eigenvalue weighted by Crippen LogP contribution is 2.42. The molecule has 3 aliphatic rings. The van der Waals surface area contributed by atoms with Gasteiger partial charge < -0.3 is 23.7 Å². The molecule has 2 amide bonds. The molecular formula is C25H26N4O7. The summed E-state index contributed by atoms with van der Waals surface area (Å²) in [4.78, 5) is 30.8. The minimum absolute atomic E-state index is 0.0334. The summed E-state index contributed by atoms with van der Waals surface area (Å²) in [5, 5.41) is 3.66. The van der Waals surface area contributed by atoms with Crippen molar-refractivity contribution in [3.8, 4) is 5.75 Å². The fraction of sp³-hybridized carbons (Fsp3) is 0.440. The Morgan fingerprint density at radius 1 is 1.03 bits per heavy atom. The van der Waals surface area contributed by atoms with E-state index in [9.17, 15) is 9.59 Å². The Balaban J connectivity index is 1.49. The number of amides is 2. The molecule has 0 bridgehead atoms. The van der Waals surface area contributed by atoms with Crippen molar-refractivity contribution >= 4 is 11.8 Å². The second-order valence-corrected chi connectivity index (χ2v) is 9.20. The molecule has 3 heterocycles. The molecule has 2 aromatic rings. The van der Waals surface area contributed by atoms with Crippen LogP contribution in [0.2, 0.25) is 0 Å². The molecule has 0 spiro atoms. The summed E-state index contributed by atoms with van der Waals surface area (Å²) in [7, 11) is 1.58. The molecule has 0 N–H and O–H groups in total. The van der Waals surface area contributed by atoms with Crippen LogP contribution in [0.3, 0.4) is 0 Å². The van der Waals surface area contributed by atoms with E-state index in [0.29, 0.717) is 16.9 Å². The number of methoxy groups -OCH3 is 1. The van der Waals surface area contributed by atoms with Gasteiger partial charge in [-0.2, -0.15) is 0 Å². The number of carbonyl (C=O) groups is 2. The van der Waals surface area contributed by atoms with Crippen LogP contribution in [0.25, 0.3) is 10.4 Å².